The molecule has 0 N–H and O–H groups in total. The van der Waals surface area contributed by atoms with E-state index in [1.807, 2.05) is 31.2 Å². The van der Waals surface area contributed by atoms with Crippen LogP contribution in [0.3, 0.4) is 0 Å². The molecule has 9 heteroatoms. The third kappa shape index (κ3) is 4.29. The van der Waals surface area contributed by atoms with Crippen molar-refractivity contribution in [1.29, 1.82) is 0 Å². The summed E-state index contributed by atoms with van der Waals surface area (Å²) in [7, 11) is -3.54. The van der Waals surface area contributed by atoms with E-state index < -0.39 is 10.0 Å². The van der Waals surface area contributed by atoms with Crippen molar-refractivity contribution in [1.82, 2.24) is 9.29 Å². The largest absolute Gasteiger partial charge is 0.369 e. The molecule has 0 bridgehead atoms. The number of piperazine rings is 1. The lowest BCUT2D eigenvalue weighted by Crippen LogP contribution is -2.48. The number of thiophene rings is 1. The average molecular weight is 482 g/mol. The van der Waals surface area contributed by atoms with Gasteiger partial charge in [-0.1, -0.05) is 31.5 Å². The Kier molecular flexibility index (Phi) is 6.23. The Hall–Kier alpha value is -1.45. The number of rotatable bonds is 5. The first kappa shape index (κ1) is 21.8. The van der Waals surface area contributed by atoms with Gasteiger partial charge in [-0.2, -0.15) is 4.31 Å². The number of sulfonamides is 1. The first-order valence-corrected chi connectivity index (χ1v) is 13.3. The Balaban J connectivity index is 1.52. The van der Waals surface area contributed by atoms with Crippen LogP contribution in [-0.2, 0) is 10.0 Å². The van der Waals surface area contributed by atoms with Gasteiger partial charge in [-0.3, -0.25) is 0 Å². The molecule has 30 heavy (non-hydrogen) atoms. The highest BCUT2D eigenvalue weighted by atomic mass is 35.5. The summed E-state index contributed by atoms with van der Waals surface area (Å²) in [6, 6.07) is 9.47. The van der Waals surface area contributed by atoms with Crippen LogP contribution >= 0.6 is 34.3 Å². The number of aromatic nitrogens is 1. The SMILES string of the molecule is Cc1sc(-c2nc(C(C)C)cs2)cc1S(=O)(=O)N1CCN(c2cccc(Cl)c2)CC1. The van der Waals surface area contributed by atoms with Crippen molar-refractivity contribution >= 4 is 50.0 Å². The zero-order chi connectivity index (χ0) is 21.5. The average Bonchev–Trinajstić information content (AvgIpc) is 3.35. The van der Waals surface area contributed by atoms with Gasteiger partial charge in [0.2, 0.25) is 10.0 Å². The Morgan fingerprint density at radius 1 is 1.13 bits per heavy atom. The predicted molar refractivity (Wildman–Crippen MR) is 127 cm³/mol. The minimum Gasteiger partial charge on any atom is -0.369 e. The zero-order valence-electron chi connectivity index (χ0n) is 17.1. The van der Waals surface area contributed by atoms with E-state index in [2.05, 4.69) is 29.1 Å². The summed E-state index contributed by atoms with van der Waals surface area (Å²) in [5, 5.41) is 3.63. The van der Waals surface area contributed by atoms with Gasteiger partial charge in [0.25, 0.3) is 0 Å². The highest BCUT2D eigenvalue weighted by Crippen LogP contribution is 2.37. The Bertz CT molecular complexity index is 1150. The summed E-state index contributed by atoms with van der Waals surface area (Å²) in [5.41, 5.74) is 2.07. The maximum absolute atomic E-state index is 13.3. The van der Waals surface area contributed by atoms with Crippen molar-refractivity contribution in [2.75, 3.05) is 31.1 Å². The lowest BCUT2D eigenvalue weighted by molar-refractivity contribution is 0.385. The Morgan fingerprint density at radius 3 is 2.50 bits per heavy atom. The van der Waals surface area contributed by atoms with Crippen LogP contribution < -0.4 is 4.90 Å². The second-order valence-corrected chi connectivity index (χ2v) is 12.1. The molecule has 0 spiro atoms. The molecule has 160 valence electrons. The fourth-order valence-corrected chi connectivity index (χ4v) is 7.70. The third-order valence-electron chi connectivity index (χ3n) is 5.23. The lowest BCUT2D eigenvalue weighted by Gasteiger charge is -2.35. The topological polar surface area (TPSA) is 53.5 Å². The highest BCUT2D eigenvalue weighted by molar-refractivity contribution is 7.89. The number of benzene rings is 1. The van der Waals surface area contributed by atoms with E-state index in [0.717, 1.165) is 26.1 Å². The molecular formula is C21H24ClN3O2S3. The molecule has 3 heterocycles. The molecule has 4 rings (SSSR count). The van der Waals surface area contributed by atoms with Gasteiger partial charge in [0, 0.05) is 47.1 Å². The summed E-state index contributed by atoms with van der Waals surface area (Å²) in [4.78, 5) is 8.98. The van der Waals surface area contributed by atoms with Gasteiger partial charge in [-0.25, -0.2) is 13.4 Å². The quantitative estimate of drug-likeness (QED) is 0.485. The number of thiazole rings is 1. The molecule has 0 radical (unpaired) electrons. The van der Waals surface area contributed by atoms with E-state index in [1.54, 1.807) is 21.7 Å². The van der Waals surface area contributed by atoms with Crippen LogP contribution in [-0.4, -0.2) is 43.9 Å². The maximum atomic E-state index is 13.3. The fraction of sp³-hybridized carbons (Fsp3) is 0.381. The van der Waals surface area contributed by atoms with Gasteiger partial charge in [-0.15, -0.1) is 22.7 Å². The van der Waals surface area contributed by atoms with Gasteiger partial charge in [0.05, 0.1) is 15.5 Å². The highest BCUT2D eigenvalue weighted by Gasteiger charge is 2.31. The van der Waals surface area contributed by atoms with E-state index in [0.29, 0.717) is 42.0 Å². The Morgan fingerprint density at radius 2 is 1.87 bits per heavy atom. The normalized spacial score (nSPS) is 15.8. The monoisotopic (exact) mass is 481 g/mol. The van der Waals surface area contributed by atoms with Crippen LogP contribution in [0.4, 0.5) is 5.69 Å². The summed E-state index contributed by atoms with van der Waals surface area (Å²) in [6.45, 7) is 8.28. The fourth-order valence-electron chi connectivity index (χ4n) is 3.49. The maximum Gasteiger partial charge on any atom is 0.244 e. The van der Waals surface area contributed by atoms with Crippen molar-refractivity contribution < 1.29 is 8.42 Å². The molecule has 1 fully saturated rings. The van der Waals surface area contributed by atoms with E-state index in [-0.39, 0.29) is 0 Å². The third-order valence-corrected chi connectivity index (χ3v) is 9.70. The van der Waals surface area contributed by atoms with E-state index in [4.69, 9.17) is 11.6 Å². The Labute approximate surface area is 191 Å². The molecule has 1 aliphatic heterocycles. The van der Waals surface area contributed by atoms with Crippen LogP contribution in [0.2, 0.25) is 5.02 Å². The molecule has 1 saturated heterocycles. The minimum atomic E-state index is -3.54. The number of hydrogen-bond donors (Lipinski definition) is 0. The molecule has 0 saturated carbocycles. The van der Waals surface area contributed by atoms with Crippen LogP contribution in [0.1, 0.15) is 30.3 Å². The second-order valence-electron chi connectivity index (χ2n) is 7.63. The van der Waals surface area contributed by atoms with Crippen molar-refractivity contribution in [3.05, 3.63) is 51.3 Å². The molecule has 3 aromatic rings. The van der Waals surface area contributed by atoms with E-state index >= 15 is 0 Å². The number of aryl methyl sites for hydroxylation is 1. The summed E-state index contributed by atoms with van der Waals surface area (Å²) in [5.74, 6) is 0.357. The van der Waals surface area contributed by atoms with Crippen LogP contribution in [0.5, 0.6) is 0 Å². The van der Waals surface area contributed by atoms with E-state index in [9.17, 15) is 8.42 Å². The lowest BCUT2D eigenvalue weighted by atomic mass is 10.2. The molecular weight excluding hydrogens is 458 g/mol. The molecule has 5 nitrogen and oxygen atoms in total. The molecule has 0 atom stereocenters. The van der Waals surface area contributed by atoms with Crippen LogP contribution in [0.25, 0.3) is 9.88 Å². The number of nitrogens with zero attached hydrogens (tertiary/aromatic N) is 3. The molecule has 1 aromatic carbocycles. The molecule has 0 unspecified atom stereocenters. The van der Waals surface area contributed by atoms with Crippen molar-refractivity contribution in [2.24, 2.45) is 0 Å². The smallest absolute Gasteiger partial charge is 0.244 e. The number of hydrogen-bond acceptors (Lipinski definition) is 6. The van der Waals surface area contributed by atoms with Crippen molar-refractivity contribution in [3.63, 3.8) is 0 Å². The zero-order valence-corrected chi connectivity index (χ0v) is 20.3. The standard InChI is InChI=1S/C21H24ClN3O2S3/c1-14(2)18-13-28-21(23-18)19-12-20(15(3)29-19)30(26,27)25-9-7-24(8-10-25)17-6-4-5-16(22)11-17/h4-6,11-14H,7-10H2,1-3H3. The van der Waals surface area contributed by atoms with Gasteiger partial charge in [0.1, 0.15) is 5.01 Å². The first-order chi connectivity index (χ1) is 14.3. The van der Waals surface area contributed by atoms with Gasteiger partial charge in [0.15, 0.2) is 0 Å². The summed E-state index contributed by atoms with van der Waals surface area (Å²) in [6.07, 6.45) is 0. The molecule has 0 aliphatic carbocycles. The van der Waals surface area contributed by atoms with E-state index in [1.165, 1.54) is 11.3 Å². The van der Waals surface area contributed by atoms with Gasteiger partial charge < -0.3 is 4.90 Å². The van der Waals surface area contributed by atoms with Gasteiger partial charge >= 0.3 is 0 Å². The number of halogens is 1. The number of anilines is 1. The van der Waals surface area contributed by atoms with Gasteiger partial charge in [-0.05, 0) is 37.1 Å². The van der Waals surface area contributed by atoms with Crippen LogP contribution in [0.15, 0.2) is 40.6 Å². The molecule has 1 aliphatic rings. The minimum absolute atomic E-state index is 0.357. The molecule has 0 amide bonds. The first-order valence-electron chi connectivity index (χ1n) is 9.82. The second kappa shape index (κ2) is 8.59. The van der Waals surface area contributed by atoms with Crippen molar-refractivity contribution in [2.45, 2.75) is 31.6 Å². The predicted octanol–water partition coefficient (Wildman–Crippen LogP) is 5.47. The summed E-state index contributed by atoms with van der Waals surface area (Å²) < 4.78 is 28.3. The molecule has 2 aromatic heterocycles. The van der Waals surface area contributed by atoms with Crippen LogP contribution in [0, 0.1) is 6.92 Å². The van der Waals surface area contributed by atoms with Crippen molar-refractivity contribution in [3.8, 4) is 9.88 Å². The summed E-state index contributed by atoms with van der Waals surface area (Å²) >= 11 is 9.17.